The van der Waals surface area contributed by atoms with Crippen LogP contribution in [0.1, 0.15) is 45.4 Å². The first kappa shape index (κ1) is 17.1. The van der Waals surface area contributed by atoms with E-state index in [-0.39, 0.29) is 18.6 Å². The largest absolute Gasteiger partial charge is 0.394 e. The molecule has 6 heteroatoms. The molecule has 22 heavy (non-hydrogen) atoms. The molecule has 1 heterocycles. The molecule has 1 saturated heterocycles. The number of nitrogens with zero attached hydrogens (tertiary/aromatic N) is 2. The van der Waals surface area contributed by atoms with Gasteiger partial charge in [0.05, 0.1) is 13.2 Å². The monoisotopic (exact) mass is 310 g/mol. The number of carbonyl (C=O) groups excluding carboxylic acids is 1. The molecule has 1 unspecified atom stereocenters. The number of rotatable bonds is 5. The topological polar surface area (TPSA) is 77.0 Å². The summed E-state index contributed by atoms with van der Waals surface area (Å²) in [7, 11) is 0. The first-order valence-corrected chi connectivity index (χ1v) is 8.69. The number of aliphatic imine (C=N–C) groups is 1. The second-order valence-corrected chi connectivity index (χ2v) is 6.23. The Bertz CT molecular complexity index is 380. The Hall–Kier alpha value is -1.30. The van der Waals surface area contributed by atoms with Crippen LogP contribution in [0.4, 0.5) is 0 Å². The summed E-state index contributed by atoms with van der Waals surface area (Å²) in [6.07, 6.45) is 6.76. The van der Waals surface area contributed by atoms with E-state index in [4.69, 9.17) is 5.11 Å². The van der Waals surface area contributed by atoms with E-state index in [0.29, 0.717) is 12.5 Å². The van der Waals surface area contributed by atoms with Crippen LogP contribution in [-0.4, -0.2) is 60.7 Å². The molecule has 0 aromatic heterocycles. The van der Waals surface area contributed by atoms with E-state index in [0.717, 1.165) is 44.9 Å². The predicted molar refractivity (Wildman–Crippen MR) is 87.8 cm³/mol. The Balaban J connectivity index is 1.82. The number of hydrogen-bond acceptors (Lipinski definition) is 3. The molecule has 0 spiro atoms. The second kappa shape index (κ2) is 8.98. The van der Waals surface area contributed by atoms with Gasteiger partial charge >= 0.3 is 0 Å². The summed E-state index contributed by atoms with van der Waals surface area (Å²) in [4.78, 5) is 18.9. The van der Waals surface area contributed by atoms with Crippen molar-refractivity contribution in [3.8, 4) is 0 Å². The lowest BCUT2D eigenvalue weighted by Crippen LogP contribution is -2.45. The van der Waals surface area contributed by atoms with Gasteiger partial charge in [-0.25, -0.2) is 0 Å². The summed E-state index contributed by atoms with van der Waals surface area (Å²) in [5, 5.41) is 15.4. The predicted octanol–water partition coefficient (Wildman–Crippen LogP) is 0.715. The van der Waals surface area contributed by atoms with Crippen molar-refractivity contribution in [2.75, 3.05) is 32.8 Å². The molecular weight excluding hydrogens is 280 g/mol. The number of aliphatic hydroxyl groups is 1. The average molecular weight is 310 g/mol. The minimum Gasteiger partial charge on any atom is -0.394 e. The van der Waals surface area contributed by atoms with Crippen LogP contribution in [0.5, 0.6) is 0 Å². The fraction of sp³-hybridized carbons (Fsp3) is 0.875. The molecule has 2 fully saturated rings. The third-order valence-electron chi connectivity index (χ3n) is 4.51. The van der Waals surface area contributed by atoms with E-state index in [2.05, 4.69) is 15.6 Å². The zero-order valence-electron chi connectivity index (χ0n) is 13.7. The highest BCUT2D eigenvalue weighted by atomic mass is 16.3. The quantitative estimate of drug-likeness (QED) is 0.516. The second-order valence-electron chi connectivity index (χ2n) is 6.23. The Morgan fingerprint density at radius 2 is 2.05 bits per heavy atom. The molecule has 2 aliphatic rings. The maximum atomic E-state index is 12.5. The van der Waals surface area contributed by atoms with Crippen molar-refractivity contribution in [2.24, 2.45) is 10.9 Å². The lowest BCUT2D eigenvalue weighted by Gasteiger charge is -2.26. The van der Waals surface area contributed by atoms with E-state index >= 15 is 0 Å². The smallest absolute Gasteiger partial charge is 0.225 e. The first-order chi connectivity index (χ1) is 10.7. The van der Waals surface area contributed by atoms with Crippen molar-refractivity contribution in [3.63, 3.8) is 0 Å². The van der Waals surface area contributed by atoms with E-state index in [1.54, 1.807) is 0 Å². The Kier molecular flexibility index (Phi) is 6.96. The van der Waals surface area contributed by atoms with Crippen LogP contribution in [0.25, 0.3) is 0 Å². The number of guanidine groups is 1. The van der Waals surface area contributed by atoms with E-state index in [9.17, 15) is 4.79 Å². The van der Waals surface area contributed by atoms with Crippen molar-refractivity contribution in [2.45, 2.75) is 51.5 Å². The highest BCUT2D eigenvalue weighted by Gasteiger charge is 2.31. The van der Waals surface area contributed by atoms with Gasteiger partial charge in [0.25, 0.3) is 0 Å². The fourth-order valence-corrected chi connectivity index (χ4v) is 3.36. The van der Waals surface area contributed by atoms with Gasteiger partial charge < -0.3 is 20.6 Å². The molecule has 0 radical (unpaired) electrons. The maximum Gasteiger partial charge on any atom is 0.225 e. The third kappa shape index (κ3) is 4.87. The summed E-state index contributed by atoms with van der Waals surface area (Å²) in [5.41, 5.74) is 0. The highest BCUT2D eigenvalue weighted by Crippen LogP contribution is 2.26. The molecule has 126 valence electrons. The summed E-state index contributed by atoms with van der Waals surface area (Å²) in [5.74, 6) is 1.33. The van der Waals surface area contributed by atoms with E-state index in [1.165, 1.54) is 19.3 Å². The van der Waals surface area contributed by atoms with Crippen molar-refractivity contribution in [1.29, 1.82) is 0 Å². The maximum absolute atomic E-state index is 12.5. The van der Waals surface area contributed by atoms with Crippen LogP contribution in [0.15, 0.2) is 4.99 Å². The van der Waals surface area contributed by atoms with Crippen LogP contribution in [0, 0.1) is 5.92 Å². The molecule has 0 aromatic carbocycles. The zero-order valence-corrected chi connectivity index (χ0v) is 13.7. The van der Waals surface area contributed by atoms with Crippen LogP contribution < -0.4 is 10.6 Å². The number of hydrogen-bond donors (Lipinski definition) is 3. The normalized spacial score (nSPS) is 23.6. The summed E-state index contributed by atoms with van der Waals surface area (Å²) >= 11 is 0. The molecule has 2 rings (SSSR count). The van der Waals surface area contributed by atoms with Gasteiger partial charge in [-0.1, -0.05) is 19.3 Å². The first-order valence-electron chi connectivity index (χ1n) is 8.69. The van der Waals surface area contributed by atoms with E-state index in [1.807, 2.05) is 11.8 Å². The zero-order chi connectivity index (χ0) is 15.8. The van der Waals surface area contributed by atoms with Gasteiger partial charge in [-0.3, -0.25) is 9.79 Å². The Labute approximate surface area is 133 Å². The summed E-state index contributed by atoms with van der Waals surface area (Å²) in [6.45, 7) is 4.85. The fourth-order valence-electron chi connectivity index (χ4n) is 3.36. The molecule has 0 bridgehead atoms. The lowest BCUT2D eigenvalue weighted by molar-refractivity contribution is -0.135. The van der Waals surface area contributed by atoms with Crippen LogP contribution in [-0.2, 0) is 4.79 Å². The van der Waals surface area contributed by atoms with E-state index < -0.39 is 0 Å². The minimum atomic E-state index is 0.0491. The molecule has 1 amide bonds. The Morgan fingerprint density at radius 1 is 1.27 bits per heavy atom. The van der Waals surface area contributed by atoms with Crippen LogP contribution in [0.2, 0.25) is 0 Å². The van der Waals surface area contributed by atoms with Crippen molar-refractivity contribution in [1.82, 2.24) is 15.5 Å². The number of aliphatic hydroxyl groups excluding tert-OH is 1. The lowest BCUT2D eigenvalue weighted by atomic mass is 9.88. The average Bonchev–Trinajstić information content (AvgIpc) is 3.01. The van der Waals surface area contributed by atoms with Gasteiger partial charge in [0.1, 0.15) is 0 Å². The number of nitrogens with one attached hydrogen (secondary N) is 2. The summed E-state index contributed by atoms with van der Waals surface area (Å²) < 4.78 is 0. The van der Waals surface area contributed by atoms with Gasteiger partial charge in [0.2, 0.25) is 5.91 Å². The van der Waals surface area contributed by atoms with Gasteiger partial charge in [-0.05, 0) is 26.2 Å². The van der Waals surface area contributed by atoms with Gasteiger partial charge in [0, 0.05) is 31.6 Å². The SMILES string of the molecule is CCNC(=NCCO)NC1CCN(C(=O)C2CCCCC2)C1. The molecule has 1 aliphatic heterocycles. The molecule has 3 N–H and O–H groups in total. The van der Waals surface area contributed by atoms with Crippen molar-refractivity contribution in [3.05, 3.63) is 0 Å². The molecule has 1 aliphatic carbocycles. The molecule has 6 nitrogen and oxygen atoms in total. The van der Waals surface area contributed by atoms with Crippen molar-refractivity contribution < 1.29 is 9.90 Å². The Morgan fingerprint density at radius 3 is 2.73 bits per heavy atom. The highest BCUT2D eigenvalue weighted by molar-refractivity contribution is 5.81. The molecule has 1 atom stereocenters. The molecule has 0 aromatic rings. The number of amides is 1. The minimum absolute atomic E-state index is 0.0491. The molecule has 1 saturated carbocycles. The van der Waals surface area contributed by atoms with Crippen LogP contribution >= 0.6 is 0 Å². The van der Waals surface area contributed by atoms with Crippen LogP contribution in [0.3, 0.4) is 0 Å². The van der Waals surface area contributed by atoms with Gasteiger partial charge in [-0.2, -0.15) is 0 Å². The van der Waals surface area contributed by atoms with Gasteiger partial charge in [0.15, 0.2) is 5.96 Å². The van der Waals surface area contributed by atoms with Crippen molar-refractivity contribution >= 4 is 11.9 Å². The third-order valence-corrected chi connectivity index (χ3v) is 4.51. The number of likely N-dealkylation sites (tertiary alicyclic amines) is 1. The standard InChI is InChI=1S/C16H30N4O2/c1-2-17-16(18-9-11-21)19-14-8-10-20(12-14)15(22)13-6-4-3-5-7-13/h13-14,21H,2-12H2,1H3,(H2,17,18,19). The van der Waals surface area contributed by atoms with Gasteiger partial charge in [-0.15, -0.1) is 0 Å². The number of carbonyl (C=O) groups is 1. The summed E-state index contributed by atoms with van der Waals surface area (Å²) in [6, 6.07) is 0.254. The molecular formula is C16H30N4O2.